The Morgan fingerprint density at radius 2 is 1.85 bits per heavy atom. The number of hydrogen-bond donors (Lipinski definition) is 3. The summed E-state index contributed by atoms with van der Waals surface area (Å²) in [4.78, 5) is 17.3. The Morgan fingerprint density at radius 3 is 2.65 bits per heavy atom. The van der Waals surface area contributed by atoms with E-state index in [1.165, 1.54) is 6.33 Å². The molecule has 202 valence electrons. The van der Waals surface area contributed by atoms with E-state index in [2.05, 4.69) is 41.8 Å². The lowest BCUT2D eigenvalue weighted by Crippen LogP contribution is -2.27. The highest BCUT2D eigenvalue weighted by Gasteiger charge is 2.12. The number of anilines is 3. The van der Waals surface area contributed by atoms with Crippen LogP contribution in [0.3, 0.4) is 0 Å². The molecular formula is C30H30N8O2. The second kappa shape index (κ2) is 14.6. The van der Waals surface area contributed by atoms with Crippen molar-refractivity contribution in [3.8, 4) is 30.0 Å². The van der Waals surface area contributed by atoms with E-state index < -0.39 is 0 Å². The Kier molecular flexibility index (Phi) is 10.1. The highest BCUT2D eigenvalue weighted by molar-refractivity contribution is 5.94. The van der Waals surface area contributed by atoms with Crippen LogP contribution in [0.1, 0.15) is 31.2 Å². The molecule has 0 amide bonds. The number of unbranched alkanes of at least 4 members (excludes halogenated alkanes) is 3. The fraction of sp³-hybridized carbons (Fsp3) is 0.233. The summed E-state index contributed by atoms with van der Waals surface area (Å²) in [6, 6.07) is 14.9. The van der Waals surface area contributed by atoms with Crippen molar-refractivity contribution in [2.75, 3.05) is 30.9 Å². The van der Waals surface area contributed by atoms with E-state index in [1.807, 2.05) is 54.7 Å². The summed E-state index contributed by atoms with van der Waals surface area (Å²) in [5, 5.41) is 18.8. The second-order valence-electron chi connectivity index (χ2n) is 8.68. The number of guanidine groups is 1. The van der Waals surface area contributed by atoms with Gasteiger partial charge in [-0.15, -0.1) is 6.42 Å². The number of aliphatic imine (C=N–C) groups is 1. The van der Waals surface area contributed by atoms with Gasteiger partial charge in [0.2, 0.25) is 5.96 Å². The van der Waals surface area contributed by atoms with Crippen molar-refractivity contribution < 1.29 is 9.47 Å². The molecule has 4 rings (SSSR count). The lowest BCUT2D eigenvalue weighted by molar-refractivity contribution is 0.285. The van der Waals surface area contributed by atoms with E-state index in [1.54, 1.807) is 19.5 Å². The number of benzene rings is 2. The summed E-state index contributed by atoms with van der Waals surface area (Å²) in [6.45, 7) is 1.14. The molecule has 3 N–H and O–H groups in total. The number of nitriles is 1. The summed E-state index contributed by atoms with van der Waals surface area (Å²) < 4.78 is 11.7. The second-order valence-corrected chi connectivity index (χ2v) is 8.68. The third kappa shape index (κ3) is 7.83. The molecule has 10 nitrogen and oxygen atoms in total. The molecule has 0 aliphatic rings. The Morgan fingerprint density at radius 1 is 1.00 bits per heavy atom. The van der Waals surface area contributed by atoms with Crippen LogP contribution in [0.25, 0.3) is 10.9 Å². The Balaban J connectivity index is 1.29. The van der Waals surface area contributed by atoms with E-state index in [-0.39, 0.29) is 0 Å². The van der Waals surface area contributed by atoms with Crippen LogP contribution >= 0.6 is 0 Å². The first-order valence-electron chi connectivity index (χ1n) is 12.9. The highest BCUT2D eigenvalue weighted by atomic mass is 16.5. The van der Waals surface area contributed by atoms with Gasteiger partial charge in [-0.1, -0.05) is 18.4 Å². The predicted octanol–water partition coefficient (Wildman–Crippen LogP) is 5.24. The molecule has 0 aliphatic heterocycles. The number of rotatable bonds is 12. The normalized spacial score (nSPS) is 10.8. The van der Waals surface area contributed by atoms with Crippen LogP contribution in [0, 0.1) is 23.8 Å². The molecule has 2 aromatic heterocycles. The van der Waals surface area contributed by atoms with Gasteiger partial charge in [-0.3, -0.25) is 15.3 Å². The van der Waals surface area contributed by atoms with Crippen LogP contribution < -0.4 is 25.4 Å². The molecule has 0 atom stereocenters. The van der Waals surface area contributed by atoms with Gasteiger partial charge in [0.1, 0.15) is 12.1 Å². The van der Waals surface area contributed by atoms with Crippen molar-refractivity contribution >= 4 is 34.1 Å². The third-order valence-corrected chi connectivity index (χ3v) is 5.91. The molecular weight excluding hydrogens is 504 g/mol. The molecule has 0 radical (unpaired) electrons. The van der Waals surface area contributed by atoms with Gasteiger partial charge in [-0.25, -0.2) is 9.97 Å². The summed E-state index contributed by atoms with van der Waals surface area (Å²) >= 11 is 0. The molecule has 10 heteroatoms. The number of fused-ring (bicyclic) bond motifs is 1. The van der Waals surface area contributed by atoms with Gasteiger partial charge in [0.15, 0.2) is 17.7 Å². The van der Waals surface area contributed by atoms with Crippen molar-refractivity contribution in [1.29, 1.82) is 5.26 Å². The van der Waals surface area contributed by atoms with E-state index in [0.29, 0.717) is 36.4 Å². The smallest absolute Gasteiger partial charge is 0.209 e. The van der Waals surface area contributed by atoms with Gasteiger partial charge in [0, 0.05) is 47.3 Å². The fourth-order valence-electron chi connectivity index (χ4n) is 3.94. The highest BCUT2D eigenvalue weighted by Crippen LogP contribution is 2.35. The van der Waals surface area contributed by atoms with E-state index in [0.717, 1.165) is 53.5 Å². The molecule has 2 aromatic carbocycles. The number of methoxy groups -OCH3 is 1. The molecule has 0 fully saturated rings. The summed E-state index contributed by atoms with van der Waals surface area (Å²) in [7, 11) is 1.61. The summed E-state index contributed by atoms with van der Waals surface area (Å²) in [5.41, 5.74) is 3.16. The van der Waals surface area contributed by atoms with Gasteiger partial charge in [-0.05, 0) is 55.7 Å². The number of terminal acetylenes is 1. The fourth-order valence-corrected chi connectivity index (χ4v) is 3.94. The molecule has 40 heavy (non-hydrogen) atoms. The largest absolute Gasteiger partial charge is 0.493 e. The van der Waals surface area contributed by atoms with Crippen LogP contribution in [0.15, 0.2) is 72.2 Å². The monoisotopic (exact) mass is 534 g/mol. The first-order chi connectivity index (χ1) is 19.7. The number of pyridine rings is 1. The van der Waals surface area contributed by atoms with Crippen LogP contribution in [0.5, 0.6) is 11.5 Å². The Labute approximate surface area is 233 Å². The molecule has 0 bridgehead atoms. The van der Waals surface area contributed by atoms with E-state index in [9.17, 15) is 0 Å². The number of aromatic nitrogens is 3. The molecule has 0 unspecified atom stereocenters. The van der Waals surface area contributed by atoms with Gasteiger partial charge in [0.25, 0.3) is 0 Å². The lowest BCUT2D eigenvalue weighted by atomic mass is 10.1. The average Bonchev–Trinajstić information content (AvgIpc) is 2.99. The minimum atomic E-state index is 0.419. The Bertz CT molecular complexity index is 1530. The van der Waals surface area contributed by atoms with Crippen molar-refractivity contribution in [3.05, 3.63) is 72.8 Å². The van der Waals surface area contributed by atoms with Crippen molar-refractivity contribution in [2.24, 2.45) is 4.99 Å². The van der Waals surface area contributed by atoms with Crippen LogP contribution in [-0.2, 0) is 0 Å². The Hall–Kier alpha value is -5.35. The lowest BCUT2D eigenvalue weighted by Gasteiger charge is -2.14. The number of nitrogens with zero attached hydrogens (tertiary/aromatic N) is 5. The molecule has 4 aromatic rings. The maximum atomic E-state index is 8.97. The zero-order valence-electron chi connectivity index (χ0n) is 22.2. The standard InChI is InChI=1S/C30H30N8O2/c1-3-22-9-8-10-24(17-22)37-29-25-18-28(27(39-2)19-26(25)35-21-36-29)40-16-7-5-4-6-13-33-30(34-20-31)38-23-11-14-32-15-12-23/h1,8-12,14-15,17-19,21H,4-7,13,16H2,2H3,(H,35,36,37)(H2,32,33,34,38). The summed E-state index contributed by atoms with van der Waals surface area (Å²) in [5.74, 6) is 4.95. The van der Waals surface area contributed by atoms with Crippen LogP contribution in [0.4, 0.5) is 17.2 Å². The van der Waals surface area contributed by atoms with Crippen molar-refractivity contribution in [2.45, 2.75) is 25.7 Å². The molecule has 0 aliphatic carbocycles. The molecule has 0 saturated carbocycles. The van der Waals surface area contributed by atoms with Crippen LogP contribution in [-0.4, -0.2) is 41.2 Å². The molecule has 2 heterocycles. The SMILES string of the molecule is C#Cc1cccc(Nc2ncnc3cc(OC)c(OCCCCCCN=C(NC#N)Nc4ccncc4)cc23)c1. The maximum absolute atomic E-state index is 8.97. The predicted molar refractivity (Wildman–Crippen MR) is 157 cm³/mol. The van der Waals surface area contributed by atoms with Crippen molar-refractivity contribution in [1.82, 2.24) is 20.3 Å². The first kappa shape index (κ1) is 27.7. The van der Waals surface area contributed by atoms with Gasteiger partial charge in [0.05, 0.1) is 19.2 Å². The third-order valence-electron chi connectivity index (χ3n) is 5.91. The van der Waals surface area contributed by atoms with Crippen LogP contribution in [0.2, 0.25) is 0 Å². The zero-order chi connectivity index (χ0) is 28.0. The summed E-state index contributed by atoms with van der Waals surface area (Å²) in [6.07, 6.45) is 16.0. The first-order valence-corrected chi connectivity index (χ1v) is 12.9. The topological polar surface area (TPSA) is 129 Å². The molecule has 0 spiro atoms. The average molecular weight is 535 g/mol. The van der Waals surface area contributed by atoms with E-state index >= 15 is 0 Å². The number of hydrogen-bond acceptors (Lipinski definition) is 8. The maximum Gasteiger partial charge on any atom is 0.209 e. The van der Waals surface area contributed by atoms with Gasteiger partial charge in [-0.2, -0.15) is 5.26 Å². The van der Waals surface area contributed by atoms with Gasteiger partial charge >= 0.3 is 0 Å². The van der Waals surface area contributed by atoms with E-state index in [4.69, 9.17) is 21.2 Å². The molecule has 0 saturated heterocycles. The van der Waals surface area contributed by atoms with Gasteiger partial charge < -0.3 is 20.1 Å². The minimum Gasteiger partial charge on any atom is -0.493 e. The van der Waals surface area contributed by atoms with Crippen molar-refractivity contribution in [3.63, 3.8) is 0 Å². The quantitative estimate of drug-likeness (QED) is 0.0558. The minimum absolute atomic E-state index is 0.419. The number of nitrogens with one attached hydrogen (secondary N) is 3. The number of ether oxygens (including phenoxy) is 2. The zero-order valence-corrected chi connectivity index (χ0v) is 22.2.